The summed E-state index contributed by atoms with van der Waals surface area (Å²) >= 11 is 5.20. The second-order valence-corrected chi connectivity index (χ2v) is 5.21. The van der Waals surface area contributed by atoms with E-state index in [1.54, 1.807) is 24.4 Å². The second kappa shape index (κ2) is 8.14. The fourth-order valence-electron chi connectivity index (χ4n) is 1.91. The fraction of sp³-hybridized carbons (Fsp3) is 0.176. The van der Waals surface area contributed by atoms with E-state index in [2.05, 4.69) is 15.8 Å². The maximum atomic E-state index is 9.65. The predicted octanol–water partition coefficient (Wildman–Crippen LogP) is 3.42. The first kappa shape index (κ1) is 16.8. The number of aromatic hydroxyl groups is 1. The van der Waals surface area contributed by atoms with Crippen LogP contribution in [-0.2, 0) is 0 Å². The van der Waals surface area contributed by atoms with Crippen LogP contribution in [0.5, 0.6) is 11.5 Å². The molecule has 0 aromatic heterocycles. The molecule has 2 rings (SSSR count). The Morgan fingerprint density at radius 2 is 2.09 bits per heavy atom. The Labute approximate surface area is 141 Å². The molecule has 0 aliphatic carbocycles. The third-order valence-corrected chi connectivity index (χ3v) is 3.25. The molecule has 0 aliphatic heterocycles. The molecule has 0 radical (unpaired) electrons. The van der Waals surface area contributed by atoms with Crippen molar-refractivity contribution in [2.45, 2.75) is 13.8 Å². The topological polar surface area (TPSA) is 65.9 Å². The highest BCUT2D eigenvalue weighted by Gasteiger charge is 2.02. The minimum absolute atomic E-state index is 0.105. The van der Waals surface area contributed by atoms with Crippen LogP contribution in [0, 0.1) is 6.92 Å². The van der Waals surface area contributed by atoms with Crippen molar-refractivity contribution in [3.63, 3.8) is 0 Å². The Balaban J connectivity index is 1.95. The highest BCUT2D eigenvalue weighted by Crippen LogP contribution is 2.26. The van der Waals surface area contributed by atoms with Gasteiger partial charge in [0.05, 0.1) is 12.8 Å². The average molecular weight is 329 g/mol. The maximum Gasteiger partial charge on any atom is 0.191 e. The molecule has 6 heteroatoms. The number of hydrogen-bond acceptors (Lipinski definition) is 4. The molecule has 0 fully saturated rings. The molecule has 0 unspecified atom stereocenters. The van der Waals surface area contributed by atoms with Gasteiger partial charge >= 0.3 is 0 Å². The lowest BCUT2D eigenvalue weighted by Gasteiger charge is -2.09. The van der Waals surface area contributed by atoms with Gasteiger partial charge in [-0.3, -0.25) is 5.43 Å². The Hall–Kier alpha value is -2.60. The van der Waals surface area contributed by atoms with E-state index in [1.807, 2.05) is 38.1 Å². The summed E-state index contributed by atoms with van der Waals surface area (Å²) in [6.45, 7) is 4.34. The summed E-state index contributed by atoms with van der Waals surface area (Å²) in [5.74, 6) is 0.533. The molecule has 0 saturated carbocycles. The van der Waals surface area contributed by atoms with E-state index >= 15 is 0 Å². The van der Waals surface area contributed by atoms with E-state index in [0.29, 0.717) is 17.5 Å². The number of ether oxygens (including phenoxy) is 1. The fourth-order valence-corrected chi connectivity index (χ4v) is 2.07. The molecule has 0 spiro atoms. The molecule has 23 heavy (non-hydrogen) atoms. The third kappa shape index (κ3) is 4.96. The van der Waals surface area contributed by atoms with E-state index in [-0.39, 0.29) is 5.75 Å². The first-order valence-electron chi connectivity index (χ1n) is 7.21. The van der Waals surface area contributed by atoms with Crippen LogP contribution >= 0.6 is 12.2 Å². The number of rotatable bonds is 5. The second-order valence-electron chi connectivity index (χ2n) is 4.80. The van der Waals surface area contributed by atoms with Crippen LogP contribution in [0.25, 0.3) is 0 Å². The van der Waals surface area contributed by atoms with Gasteiger partial charge in [-0.1, -0.05) is 18.2 Å². The first-order valence-corrected chi connectivity index (χ1v) is 7.62. The lowest BCUT2D eigenvalue weighted by atomic mass is 10.2. The Bertz CT molecular complexity index is 717. The largest absolute Gasteiger partial charge is 0.504 e. The van der Waals surface area contributed by atoms with Crippen LogP contribution in [0.3, 0.4) is 0 Å². The lowest BCUT2D eigenvalue weighted by molar-refractivity contribution is 0.318. The smallest absolute Gasteiger partial charge is 0.191 e. The van der Waals surface area contributed by atoms with E-state index in [0.717, 1.165) is 16.8 Å². The minimum atomic E-state index is 0.105. The molecule has 120 valence electrons. The Kier molecular flexibility index (Phi) is 5.94. The molecule has 0 aliphatic rings. The SMILES string of the molecule is CCOc1cc(/C=N/NC(=S)Nc2ccccc2C)ccc1O. The molecule has 3 N–H and O–H groups in total. The van der Waals surface area contributed by atoms with Gasteiger partial charge in [0, 0.05) is 5.69 Å². The zero-order chi connectivity index (χ0) is 16.7. The van der Waals surface area contributed by atoms with E-state index in [4.69, 9.17) is 17.0 Å². The van der Waals surface area contributed by atoms with Crippen molar-refractivity contribution in [3.05, 3.63) is 53.6 Å². The number of phenolic OH excluding ortho intramolecular Hbond substituents is 1. The number of anilines is 1. The van der Waals surface area contributed by atoms with Gasteiger partial charge in [-0.15, -0.1) is 0 Å². The Morgan fingerprint density at radius 3 is 2.83 bits per heavy atom. The number of hydrogen-bond donors (Lipinski definition) is 3. The molecule has 0 atom stereocenters. The van der Waals surface area contributed by atoms with Crippen LogP contribution in [0.4, 0.5) is 5.69 Å². The summed E-state index contributed by atoms with van der Waals surface area (Å²) in [5.41, 5.74) is 5.58. The average Bonchev–Trinajstić information content (AvgIpc) is 2.53. The monoisotopic (exact) mass is 329 g/mol. The van der Waals surface area contributed by atoms with Gasteiger partial charge in [-0.05, 0) is 61.5 Å². The minimum Gasteiger partial charge on any atom is -0.504 e. The molecular formula is C17H19N3O2S. The summed E-state index contributed by atoms with van der Waals surface area (Å²) < 4.78 is 5.33. The summed E-state index contributed by atoms with van der Waals surface area (Å²) in [6, 6.07) is 12.9. The summed E-state index contributed by atoms with van der Waals surface area (Å²) in [6.07, 6.45) is 1.60. The maximum absolute atomic E-state index is 9.65. The van der Waals surface area contributed by atoms with E-state index in [1.165, 1.54) is 0 Å². The molecular weight excluding hydrogens is 310 g/mol. The van der Waals surface area contributed by atoms with Gasteiger partial charge in [0.15, 0.2) is 16.6 Å². The molecule has 0 saturated heterocycles. The van der Waals surface area contributed by atoms with Crippen molar-refractivity contribution in [1.29, 1.82) is 0 Å². The van der Waals surface area contributed by atoms with Crippen molar-refractivity contribution in [1.82, 2.24) is 5.43 Å². The number of benzene rings is 2. The van der Waals surface area contributed by atoms with Crippen LogP contribution in [-0.4, -0.2) is 23.0 Å². The molecule has 0 amide bonds. The van der Waals surface area contributed by atoms with Gasteiger partial charge in [0.2, 0.25) is 0 Å². The number of hydrazone groups is 1. The van der Waals surface area contributed by atoms with Crippen molar-refractivity contribution in [2.75, 3.05) is 11.9 Å². The number of thiocarbonyl (C=S) groups is 1. The van der Waals surface area contributed by atoms with Gasteiger partial charge in [-0.2, -0.15) is 5.10 Å². The van der Waals surface area contributed by atoms with Crippen molar-refractivity contribution >= 4 is 29.2 Å². The summed E-state index contributed by atoms with van der Waals surface area (Å²) in [7, 11) is 0. The Morgan fingerprint density at radius 1 is 1.30 bits per heavy atom. The van der Waals surface area contributed by atoms with Crippen molar-refractivity contribution in [2.24, 2.45) is 5.10 Å². The zero-order valence-electron chi connectivity index (χ0n) is 13.0. The first-order chi connectivity index (χ1) is 11.1. The lowest BCUT2D eigenvalue weighted by Crippen LogP contribution is -2.24. The zero-order valence-corrected chi connectivity index (χ0v) is 13.9. The van der Waals surface area contributed by atoms with Gasteiger partial charge < -0.3 is 15.2 Å². The number of nitrogens with one attached hydrogen (secondary N) is 2. The number of para-hydroxylation sites is 1. The van der Waals surface area contributed by atoms with Gasteiger partial charge in [0.1, 0.15) is 0 Å². The highest BCUT2D eigenvalue weighted by molar-refractivity contribution is 7.80. The van der Waals surface area contributed by atoms with Crippen LogP contribution in [0.15, 0.2) is 47.6 Å². The van der Waals surface area contributed by atoms with E-state index in [9.17, 15) is 5.11 Å². The van der Waals surface area contributed by atoms with E-state index < -0.39 is 0 Å². The standard InChI is InChI=1S/C17H19N3O2S/c1-3-22-16-10-13(8-9-15(16)21)11-18-20-17(23)19-14-7-5-4-6-12(14)2/h4-11,21H,3H2,1-2H3,(H2,19,20,23)/b18-11+. The number of aryl methyl sites for hydroxylation is 1. The molecule has 2 aromatic rings. The number of nitrogens with zero attached hydrogens (tertiary/aromatic N) is 1. The molecule has 0 heterocycles. The van der Waals surface area contributed by atoms with Crippen molar-refractivity contribution in [3.8, 4) is 11.5 Å². The third-order valence-electron chi connectivity index (χ3n) is 3.06. The van der Waals surface area contributed by atoms with Gasteiger partial charge in [0.25, 0.3) is 0 Å². The van der Waals surface area contributed by atoms with Crippen molar-refractivity contribution < 1.29 is 9.84 Å². The van der Waals surface area contributed by atoms with Crippen LogP contribution in [0.2, 0.25) is 0 Å². The molecule has 2 aromatic carbocycles. The van der Waals surface area contributed by atoms with Crippen LogP contribution < -0.4 is 15.5 Å². The summed E-state index contributed by atoms with van der Waals surface area (Å²) in [4.78, 5) is 0. The normalized spacial score (nSPS) is 10.5. The number of phenols is 1. The molecule has 0 bridgehead atoms. The highest BCUT2D eigenvalue weighted by atomic mass is 32.1. The quantitative estimate of drug-likeness (QED) is 0.446. The summed E-state index contributed by atoms with van der Waals surface area (Å²) in [5, 5.41) is 17.2. The van der Waals surface area contributed by atoms with Gasteiger partial charge in [-0.25, -0.2) is 0 Å². The van der Waals surface area contributed by atoms with Crippen LogP contribution in [0.1, 0.15) is 18.1 Å². The molecule has 5 nitrogen and oxygen atoms in total. The predicted molar refractivity (Wildman–Crippen MR) is 97.4 cm³/mol.